The van der Waals surface area contributed by atoms with Gasteiger partial charge in [-0.25, -0.2) is 0 Å². The third kappa shape index (κ3) is 2.74. The van der Waals surface area contributed by atoms with E-state index in [4.69, 9.17) is 4.42 Å². The van der Waals surface area contributed by atoms with Gasteiger partial charge in [0.05, 0.1) is 6.54 Å². The first-order chi connectivity index (χ1) is 8.20. The molecule has 17 heavy (non-hydrogen) atoms. The molecule has 1 N–H and O–H groups in total. The van der Waals surface area contributed by atoms with E-state index in [0.717, 1.165) is 23.9 Å². The maximum Gasteiger partial charge on any atom is 0.211 e. The highest BCUT2D eigenvalue weighted by Gasteiger charge is 2.11. The molecule has 0 amide bonds. The van der Waals surface area contributed by atoms with Crippen LogP contribution in [0.4, 0.5) is 0 Å². The van der Waals surface area contributed by atoms with Gasteiger partial charge in [0.15, 0.2) is 5.76 Å². The Labute approximate surface area is 101 Å². The third-order valence-electron chi connectivity index (χ3n) is 2.66. The standard InChI is InChI=1S/C14H17NO2/c1-3-6-15-9-12(16)14-8-11-7-10(2)4-5-13(11)17-14/h4-5,7-8,15H,3,6,9H2,1-2H3. The zero-order valence-electron chi connectivity index (χ0n) is 10.2. The summed E-state index contributed by atoms with van der Waals surface area (Å²) >= 11 is 0. The zero-order valence-corrected chi connectivity index (χ0v) is 10.2. The summed E-state index contributed by atoms with van der Waals surface area (Å²) in [6, 6.07) is 7.73. The van der Waals surface area contributed by atoms with E-state index < -0.39 is 0 Å². The van der Waals surface area contributed by atoms with Crippen LogP contribution in [0.3, 0.4) is 0 Å². The quantitative estimate of drug-likeness (QED) is 0.635. The van der Waals surface area contributed by atoms with E-state index in [9.17, 15) is 4.79 Å². The molecule has 1 heterocycles. The van der Waals surface area contributed by atoms with Gasteiger partial charge in [-0.15, -0.1) is 0 Å². The number of rotatable bonds is 5. The van der Waals surface area contributed by atoms with Crippen molar-refractivity contribution < 1.29 is 9.21 Å². The first-order valence-electron chi connectivity index (χ1n) is 5.95. The van der Waals surface area contributed by atoms with Gasteiger partial charge in [-0.1, -0.05) is 18.6 Å². The van der Waals surface area contributed by atoms with Gasteiger partial charge in [0.1, 0.15) is 5.58 Å². The molecule has 0 unspecified atom stereocenters. The molecule has 0 fully saturated rings. The van der Waals surface area contributed by atoms with Crippen molar-refractivity contribution in [1.82, 2.24) is 5.32 Å². The number of carbonyl (C=O) groups is 1. The summed E-state index contributed by atoms with van der Waals surface area (Å²) in [7, 11) is 0. The Kier molecular flexibility index (Phi) is 3.59. The molecule has 1 aromatic carbocycles. The molecular formula is C14H17NO2. The SMILES string of the molecule is CCCNCC(=O)c1cc2cc(C)ccc2o1. The zero-order chi connectivity index (χ0) is 12.3. The number of furan rings is 1. The summed E-state index contributed by atoms with van der Waals surface area (Å²) in [5, 5.41) is 4.07. The van der Waals surface area contributed by atoms with Crippen molar-refractivity contribution in [3.8, 4) is 0 Å². The van der Waals surface area contributed by atoms with Gasteiger partial charge in [0.2, 0.25) is 5.78 Å². The first-order valence-corrected chi connectivity index (χ1v) is 5.95. The van der Waals surface area contributed by atoms with E-state index in [1.54, 1.807) is 0 Å². The van der Waals surface area contributed by atoms with Gasteiger partial charge in [0, 0.05) is 5.39 Å². The van der Waals surface area contributed by atoms with E-state index in [2.05, 4.69) is 12.2 Å². The number of aryl methyl sites for hydroxylation is 1. The van der Waals surface area contributed by atoms with Crippen molar-refractivity contribution in [2.45, 2.75) is 20.3 Å². The molecule has 3 nitrogen and oxygen atoms in total. The Balaban J connectivity index is 2.15. The van der Waals surface area contributed by atoms with Crippen molar-refractivity contribution in [3.05, 3.63) is 35.6 Å². The molecular weight excluding hydrogens is 214 g/mol. The van der Waals surface area contributed by atoms with Crippen LogP contribution in [0.15, 0.2) is 28.7 Å². The Hall–Kier alpha value is -1.61. The fourth-order valence-corrected chi connectivity index (χ4v) is 1.77. The largest absolute Gasteiger partial charge is 0.453 e. The third-order valence-corrected chi connectivity index (χ3v) is 2.66. The van der Waals surface area contributed by atoms with Crippen LogP contribution in [0.1, 0.15) is 29.5 Å². The molecule has 0 aliphatic heterocycles. The summed E-state index contributed by atoms with van der Waals surface area (Å²) in [6.07, 6.45) is 1.02. The Morgan fingerprint density at radius 2 is 2.18 bits per heavy atom. The molecule has 0 radical (unpaired) electrons. The van der Waals surface area contributed by atoms with Gasteiger partial charge in [-0.2, -0.15) is 0 Å². The van der Waals surface area contributed by atoms with Gasteiger partial charge >= 0.3 is 0 Å². The number of hydrogen-bond donors (Lipinski definition) is 1. The van der Waals surface area contributed by atoms with Gasteiger partial charge in [0.25, 0.3) is 0 Å². The molecule has 1 aromatic heterocycles. The van der Waals surface area contributed by atoms with Crippen molar-refractivity contribution in [2.75, 3.05) is 13.1 Å². The molecule has 0 saturated heterocycles. The first kappa shape index (κ1) is 11.9. The van der Waals surface area contributed by atoms with Crippen molar-refractivity contribution in [3.63, 3.8) is 0 Å². The lowest BCUT2D eigenvalue weighted by Crippen LogP contribution is -2.23. The van der Waals surface area contributed by atoms with E-state index >= 15 is 0 Å². The number of carbonyl (C=O) groups excluding carboxylic acids is 1. The topological polar surface area (TPSA) is 42.2 Å². The van der Waals surface area contributed by atoms with Crippen LogP contribution in [-0.4, -0.2) is 18.9 Å². The Morgan fingerprint density at radius 1 is 1.35 bits per heavy atom. The average Bonchev–Trinajstić information content (AvgIpc) is 2.72. The molecule has 2 aromatic rings. The van der Waals surface area contributed by atoms with Crippen LogP contribution in [-0.2, 0) is 0 Å². The molecule has 0 aliphatic carbocycles. The number of Topliss-reactive ketones (excluding diaryl/α,β-unsaturated/α-hetero) is 1. The second-order valence-electron chi connectivity index (χ2n) is 4.25. The van der Waals surface area contributed by atoms with Crippen LogP contribution in [0.5, 0.6) is 0 Å². The predicted octanol–water partition coefficient (Wildman–Crippen LogP) is 2.92. The normalized spacial score (nSPS) is 10.9. The van der Waals surface area contributed by atoms with E-state index in [1.165, 1.54) is 5.56 Å². The summed E-state index contributed by atoms with van der Waals surface area (Å²) in [5.74, 6) is 0.446. The van der Waals surface area contributed by atoms with E-state index in [1.807, 2.05) is 31.2 Å². The van der Waals surface area contributed by atoms with Crippen molar-refractivity contribution in [2.24, 2.45) is 0 Å². The number of benzene rings is 1. The van der Waals surface area contributed by atoms with Gasteiger partial charge in [-0.3, -0.25) is 4.79 Å². The fourth-order valence-electron chi connectivity index (χ4n) is 1.77. The second kappa shape index (κ2) is 5.15. The van der Waals surface area contributed by atoms with Crippen LogP contribution in [0.25, 0.3) is 11.0 Å². The molecule has 0 spiro atoms. The molecule has 0 saturated carbocycles. The maximum absolute atomic E-state index is 11.8. The highest BCUT2D eigenvalue weighted by atomic mass is 16.3. The lowest BCUT2D eigenvalue weighted by molar-refractivity contribution is 0.0967. The van der Waals surface area contributed by atoms with Crippen LogP contribution in [0.2, 0.25) is 0 Å². The molecule has 0 bridgehead atoms. The van der Waals surface area contributed by atoms with Gasteiger partial charge < -0.3 is 9.73 Å². The molecule has 3 heteroatoms. The number of fused-ring (bicyclic) bond motifs is 1. The minimum atomic E-state index is 0.00676. The maximum atomic E-state index is 11.8. The second-order valence-corrected chi connectivity index (χ2v) is 4.25. The average molecular weight is 231 g/mol. The summed E-state index contributed by atoms with van der Waals surface area (Å²) < 4.78 is 5.53. The van der Waals surface area contributed by atoms with Crippen LogP contribution < -0.4 is 5.32 Å². The highest BCUT2D eigenvalue weighted by molar-refractivity contribution is 5.98. The number of ketones is 1. The predicted molar refractivity (Wildman–Crippen MR) is 68.4 cm³/mol. The minimum absolute atomic E-state index is 0.00676. The monoisotopic (exact) mass is 231 g/mol. The Morgan fingerprint density at radius 3 is 2.94 bits per heavy atom. The summed E-state index contributed by atoms with van der Waals surface area (Å²) in [5.41, 5.74) is 1.94. The number of hydrogen-bond acceptors (Lipinski definition) is 3. The fraction of sp³-hybridized carbons (Fsp3) is 0.357. The molecule has 90 valence electrons. The molecule has 2 rings (SSSR count). The summed E-state index contributed by atoms with van der Waals surface area (Å²) in [6.45, 7) is 5.29. The highest BCUT2D eigenvalue weighted by Crippen LogP contribution is 2.20. The van der Waals surface area contributed by atoms with E-state index in [-0.39, 0.29) is 5.78 Å². The smallest absolute Gasteiger partial charge is 0.211 e. The molecule has 0 atom stereocenters. The summed E-state index contributed by atoms with van der Waals surface area (Å²) in [4.78, 5) is 11.8. The molecule has 0 aliphatic rings. The van der Waals surface area contributed by atoms with E-state index in [0.29, 0.717) is 12.3 Å². The lowest BCUT2D eigenvalue weighted by Gasteiger charge is -1.98. The minimum Gasteiger partial charge on any atom is -0.453 e. The Bertz CT molecular complexity index is 528. The van der Waals surface area contributed by atoms with Crippen molar-refractivity contribution >= 4 is 16.8 Å². The van der Waals surface area contributed by atoms with Crippen LogP contribution in [0, 0.1) is 6.92 Å². The lowest BCUT2D eigenvalue weighted by atomic mass is 10.2. The van der Waals surface area contributed by atoms with Crippen LogP contribution >= 0.6 is 0 Å². The van der Waals surface area contributed by atoms with Crippen molar-refractivity contribution in [1.29, 1.82) is 0 Å². The van der Waals surface area contributed by atoms with Gasteiger partial charge in [-0.05, 0) is 38.1 Å². The number of nitrogens with one attached hydrogen (secondary N) is 1.